The van der Waals surface area contributed by atoms with E-state index in [1.165, 1.54) is 12.3 Å². The second kappa shape index (κ2) is 9.18. The second-order valence-corrected chi connectivity index (χ2v) is 7.70. The number of ether oxygens (including phenoxy) is 1. The zero-order valence-electron chi connectivity index (χ0n) is 16.6. The van der Waals surface area contributed by atoms with E-state index in [0.29, 0.717) is 5.39 Å². The lowest BCUT2D eigenvalue weighted by Crippen LogP contribution is -2.50. The lowest BCUT2D eigenvalue weighted by molar-refractivity contribution is -0.348. The SMILES string of the molecule is O=C(c1ccc2cccnc2c1)N([O-])c1c(Br)cc(C(F)(C(F)(F)F)C(F)(F)F)cc1OC(F)F. The Bertz CT molecular complexity index is 1250. The first kappa shape index (κ1) is 26.5. The summed E-state index contributed by atoms with van der Waals surface area (Å²) in [6.07, 6.45) is -11.8. The summed E-state index contributed by atoms with van der Waals surface area (Å²) < 4.78 is 122. The topological polar surface area (TPSA) is 65.5 Å². The van der Waals surface area contributed by atoms with Gasteiger partial charge in [-0.15, -0.1) is 0 Å². The van der Waals surface area contributed by atoms with Crippen molar-refractivity contribution in [3.63, 3.8) is 0 Å². The summed E-state index contributed by atoms with van der Waals surface area (Å²) in [6, 6.07) is 6.37. The van der Waals surface area contributed by atoms with Gasteiger partial charge >= 0.3 is 24.6 Å². The highest BCUT2D eigenvalue weighted by Crippen LogP contribution is 2.55. The number of pyridine rings is 1. The van der Waals surface area contributed by atoms with Gasteiger partial charge in [0.1, 0.15) is 0 Å². The van der Waals surface area contributed by atoms with E-state index in [0.717, 1.165) is 12.1 Å². The van der Waals surface area contributed by atoms with Gasteiger partial charge in [-0.2, -0.15) is 35.1 Å². The van der Waals surface area contributed by atoms with Crippen molar-refractivity contribution < 1.29 is 49.0 Å². The van der Waals surface area contributed by atoms with E-state index in [-0.39, 0.29) is 23.2 Å². The zero-order chi connectivity index (χ0) is 26.3. The van der Waals surface area contributed by atoms with Crippen LogP contribution in [0.5, 0.6) is 5.75 Å². The van der Waals surface area contributed by atoms with E-state index in [1.54, 1.807) is 12.1 Å². The lowest BCUT2D eigenvalue weighted by Gasteiger charge is -2.34. The number of alkyl halides is 9. The van der Waals surface area contributed by atoms with Crippen LogP contribution < -0.4 is 9.80 Å². The number of benzene rings is 2. The van der Waals surface area contributed by atoms with Crippen molar-refractivity contribution in [3.8, 4) is 5.75 Å². The molecule has 188 valence electrons. The molecule has 0 saturated carbocycles. The van der Waals surface area contributed by atoms with Gasteiger partial charge in [-0.3, -0.25) is 9.78 Å². The van der Waals surface area contributed by atoms with Crippen molar-refractivity contribution in [3.05, 3.63) is 69.5 Å². The highest BCUT2D eigenvalue weighted by molar-refractivity contribution is 9.10. The Morgan fingerprint density at radius 2 is 1.63 bits per heavy atom. The number of hydrogen-bond donors (Lipinski definition) is 0. The predicted octanol–water partition coefficient (Wildman–Crippen LogP) is 7.03. The van der Waals surface area contributed by atoms with Crippen molar-refractivity contribution in [2.45, 2.75) is 24.6 Å². The van der Waals surface area contributed by atoms with E-state index in [4.69, 9.17) is 0 Å². The molecule has 0 atom stereocenters. The second-order valence-electron chi connectivity index (χ2n) is 6.85. The Kier molecular flexibility index (Phi) is 6.96. The number of amides is 1. The number of hydrogen-bond acceptors (Lipinski definition) is 4. The van der Waals surface area contributed by atoms with Crippen LogP contribution in [-0.2, 0) is 5.67 Å². The Balaban J connectivity index is 2.16. The molecular formula is C20H9BrF9N2O3-. The van der Waals surface area contributed by atoms with Crippen LogP contribution in [0.25, 0.3) is 10.9 Å². The maximum atomic E-state index is 14.5. The van der Waals surface area contributed by atoms with Gasteiger partial charge in [-0.25, -0.2) is 4.39 Å². The summed E-state index contributed by atoms with van der Waals surface area (Å²) in [7, 11) is 0. The van der Waals surface area contributed by atoms with E-state index in [9.17, 15) is 49.5 Å². The maximum Gasteiger partial charge on any atom is 0.435 e. The molecule has 0 unspecified atom stereocenters. The number of fused-ring (bicyclic) bond motifs is 1. The van der Waals surface area contributed by atoms with Gasteiger partial charge in [0, 0.05) is 27.2 Å². The molecule has 1 heterocycles. The number of aromatic nitrogens is 1. The molecule has 0 aliphatic heterocycles. The summed E-state index contributed by atoms with van der Waals surface area (Å²) in [5.74, 6) is -3.06. The van der Waals surface area contributed by atoms with Crippen LogP contribution in [0.15, 0.2) is 53.1 Å². The number of anilines is 1. The smallest absolute Gasteiger partial charge is 0.435 e. The molecule has 5 nitrogen and oxygen atoms in total. The van der Waals surface area contributed by atoms with E-state index in [1.807, 2.05) is 0 Å². The molecule has 0 aliphatic rings. The van der Waals surface area contributed by atoms with Gasteiger partial charge < -0.3 is 15.0 Å². The summed E-state index contributed by atoms with van der Waals surface area (Å²) in [5.41, 5.74) is -9.55. The monoisotopic (exact) mass is 575 g/mol. The third kappa shape index (κ3) is 4.87. The fourth-order valence-electron chi connectivity index (χ4n) is 3.06. The summed E-state index contributed by atoms with van der Waals surface area (Å²) in [6.45, 7) is -3.87. The number of hydroxylamine groups is 1. The van der Waals surface area contributed by atoms with E-state index >= 15 is 0 Å². The van der Waals surface area contributed by atoms with Crippen LogP contribution in [0, 0.1) is 5.21 Å². The Labute approximate surface area is 197 Å². The third-order valence-electron chi connectivity index (χ3n) is 4.66. The van der Waals surface area contributed by atoms with E-state index in [2.05, 4.69) is 25.7 Å². The molecule has 0 bridgehead atoms. The molecule has 1 amide bonds. The third-order valence-corrected chi connectivity index (χ3v) is 5.27. The highest BCUT2D eigenvalue weighted by Gasteiger charge is 2.73. The minimum Gasteiger partial charge on any atom is -0.751 e. The minimum atomic E-state index is -6.57. The van der Waals surface area contributed by atoms with Crippen molar-refractivity contribution in [2.24, 2.45) is 0 Å². The quantitative estimate of drug-likeness (QED) is 0.242. The first-order valence-electron chi connectivity index (χ1n) is 9.05. The lowest BCUT2D eigenvalue weighted by atomic mass is 9.93. The molecule has 3 rings (SSSR count). The van der Waals surface area contributed by atoms with Crippen LogP contribution in [0.1, 0.15) is 15.9 Å². The molecule has 0 fully saturated rings. The van der Waals surface area contributed by atoms with Crippen molar-refractivity contribution in [1.82, 2.24) is 4.98 Å². The summed E-state index contributed by atoms with van der Waals surface area (Å²) >= 11 is 2.46. The van der Waals surface area contributed by atoms with Crippen molar-refractivity contribution >= 4 is 38.4 Å². The number of rotatable bonds is 5. The molecule has 0 aliphatic carbocycles. The van der Waals surface area contributed by atoms with Gasteiger partial charge in [0.2, 0.25) is 5.91 Å². The van der Waals surface area contributed by atoms with Crippen LogP contribution in [-0.4, -0.2) is 29.9 Å². The first-order valence-corrected chi connectivity index (χ1v) is 9.84. The fraction of sp³-hybridized carbons (Fsp3) is 0.200. The number of carbonyl (C=O) groups excluding carboxylic acids is 1. The molecule has 0 N–H and O–H groups in total. The normalized spacial score (nSPS) is 12.8. The molecule has 0 spiro atoms. The van der Waals surface area contributed by atoms with Crippen molar-refractivity contribution in [2.75, 3.05) is 5.06 Å². The molecule has 1 aromatic heterocycles. The van der Waals surface area contributed by atoms with Gasteiger partial charge in [0.15, 0.2) is 5.75 Å². The summed E-state index contributed by atoms with van der Waals surface area (Å²) in [5, 5.41) is 12.7. The van der Waals surface area contributed by atoms with Crippen LogP contribution in [0.3, 0.4) is 0 Å². The molecule has 35 heavy (non-hydrogen) atoms. The minimum absolute atomic E-state index is 0.102. The molecular weight excluding hydrogens is 567 g/mol. The van der Waals surface area contributed by atoms with Gasteiger partial charge in [-0.05, 0) is 46.3 Å². The maximum absolute atomic E-state index is 14.5. The van der Waals surface area contributed by atoms with E-state index < -0.39 is 57.1 Å². The average Bonchev–Trinajstić information content (AvgIpc) is 2.75. The van der Waals surface area contributed by atoms with Crippen LogP contribution >= 0.6 is 15.9 Å². The van der Waals surface area contributed by atoms with Crippen LogP contribution in [0.2, 0.25) is 0 Å². The predicted molar refractivity (Wildman–Crippen MR) is 108 cm³/mol. The average molecular weight is 576 g/mol. The first-order chi connectivity index (χ1) is 16.1. The van der Waals surface area contributed by atoms with Gasteiger partial charge in [0.25, 0.3) is 0 Å². The van der Waals surface area contributed by atoms with Gasteiger partial charge in [-0.1, -0.05) is 12.1 Å². The standard InChI is InChI=1S/C20H9BrF9N2O3/c21-12-7-11(18(24,19(25,26)27)20(28,29)30)8-14(35-17(22)23)15(12)32(34)16(33)10-4-3-9-2-1-5-31-13(9)6-10/h1-8,17H/q-1. The highest BCUT2D eigenvalue weighted by atomic mass is 79.9. The van der Waals surface area contributed by atoms with Gasteiger partial charge in [0.05, 0.1) is 11.2 Å². The Morgan fingerprint density at radius 3 is 2.20 bits per heavy atom. The molecule has 15 heteroatoms. The number of carbonyl (C=O) groups is 1. The number of nitrogens with zero attached hydrogens (tertiary/aromatic N) is 2. The Morgan fingerprint density at radius 1 is 1.00 bits per heavy atom. The molecule has 0 radical (unpaired) electrons. The molecule has 3 aromatic rings. The zero-order valence-corrected chi connectivity index (χ0v) is 18.2. The number of halogens is 10. The van der Waals surface area contributed by atoms with Crippen LogP contribution in [0.4, 0.5) is 45.2 Å². The summed E-state index contributed by atoms with van der Waals surface area (Å²) in [4.78, 5) is 16.6. The fourth-order valence-corrected chi connectivity index (χ4v) is 3.67. The Hall–Kier alpha value is -3.07. The molecule has 2 aromatic carbocycles. The molecule has 0 saturated heterocycles. The largest absolute Gasteiger partial charge is 0.751 e. The van der Waals surface area contributed by atoms with Crippen molar-refractivity contribution in [1.29, 1.82) is 0 Å².